The van der Waals surface area contributed by atoms with Crippen molar-refractivity contribution >= 4 is 5.97 Å². The zero-order valence-electron chi connectivity index (χ0n) is 10.5. The molecule has 94 valence electrons. The third-order valence-electron chi connectivity index (χ3n) is 2.55. The van der Waals surface area contributed by atoms with Gasteiger partial charge in [-0.2, -0.15) is 0 Å². The zero-order valence-corrected chi connectivity index (χ0v) is 10.5. The van der Waals surface area contributed by atoms with Crippen molar-refractivity contribution < 1.29 is 14.1 Å². The van der Waals surface area contributed by atoms with Gasteiger partial charge in [0.15, 0.2) is 0 Å². The Morgan fingerprint density at radius 3 is 2.82 bits per heavy atom. The Morgan fingerprint density at radius 1 is 1.41 bits per heavy atom. The van der Waals surface area contributed by atoms with E-state index in [-0.39, 0.29) is 5.97 Å². The number of esters is 1. The maximum absolute atomic E-state index is 10.7. The molecule has 4 nitrogen and oxygen atoms in total. The molecule has 0 fully saturated rings. The standard InChI is InChI=1S/C13H21N2O2/c1-3-13(16)17-11-7-5-4-6-8-15-10-9-14(2)12-15/h3,9-10,12H,1,4-8,11H2,2H3/q+1. The second kappa shape index (κ2) is 7.65. The molecule has 1 aromatic rings. The lowest BCUT2D eigenvalue weighted by Gasteiger charge is -2.01. The van der Waals surface area contributed by atoms with E-state index in [2.05, 4.69) is 23.7 Å². The van der Waals surface area contributed by atoms with Crippen molar-refractivity contribution in [3.05, 3.63) is 31.4 Å². The van der Waals surface area contributed by atoms with E-state index in [1.54, 1.807) is 0 Å². The van der Waals surface area contributed by atoms with Gasteiger partial charge in [-0.3, -0.25) is 0 Å². The number of carbonyl (C=O) groups is 1. The van der Waals surface area contributed by atoms with E-state index in [0.29, 0.717) is 6.61 Å². The highest BCUT2D eigenvalue weighted by molar-refractivity contribution is 5.81. The van der Waals surface area contributed by atoms with Gasteiger partial charge in [-0.1, -0.05) is 6.58 Å². The summed E-state index contributed by atoms with van der Waals surface area (Å²) >= 11 is 0. The molecule has 1 heterocycles. The molecule has 0 aliphatic rings. The number of hydrogen-bond acceptors (Lipinski definition) is 2. The summed E-state index contributed by atoms with van der Waals surface area (Å²) in [6.07, 6.45) is 11.7. The predicted octanol–water partition coefficient (Wildman–Crippen LogP) is 1.60. The molecular weight excluding hydrogens is 216 g/mol. The Hall–Kier alpha value is -1.58. The number of rotatable bonds is 8. The minimum atomic E-state index is -0.329. The van der Waals surface area contributed by atoms with Crippen LogP contribution in [0.25, 0.3) is 0 Å². The van der Waals surface area contributed by atoms with E-state index in [4.69, 9.17) is 4.74 Å². The van der Waals surface area contributed by atoms with Crippen molar-refractivity contribution in [2.75, 3.05) is 6.61 Å². The predicted molar refractivity (Wildman–Crippen MR) is 65.2 cm³/mol. The van der Waals surface area contributed by atoms with Crippen LogP contribution in [0.4, 0.5) is 0 Å². The van der Waals surface area contributed by atoms with Gasteiger partial charge in [0.05, 0.1) is 20.2 Å². The van der Waals surface area contributed by atoms with Crippen LogP contribution < -0.4 is 4.57 Å². The number of unbranched alkanes of at least 4 members (excludes halogenated alkanes) is 3. The van der Waals surface area contributed by atoms with Gasteiger partial charge in [0, 0.05) is 6.08 Å². The number of aromatic nitrogens is 2. The molecule has 0 radical (unpaired) electrons. The summed E-state index contributed by atoms with van der Waals surface area (Å²) in [5.41, 5.74) is 0. The first-order valence-corrected chi connectivity index (χ1v) is 6.02. The summed E-state index contributed by atoms with van der Waals surface area (Å²) in [5, 5.41) is 0. The van der Waals surface area contributed by atoms with E-state index in [1.165, 1.54) is 6.08 Å². The molecule has 0 saturated heterocycles. The van der Waals surface area contributed by atoms with E-state index >= 15 is 0 Å². The van der Waals surface area contributed by atoms with Crippen molar-refractivity contribution in [2.45, 2.75) is 32.2 Å². The first-order valence-electron chi connectivity index (χ1n) is 6.02. The van der Waals surface area contributed by atoms with Crippen molar-refractivity contribution in [1.82, 2.24) is 4.57 Å². The maximum atomic E-state index is 10.7. The fourth-order valence-electron chi connectivity index (χ4n) is 1.62. The Labute approximate surface area is 103 Å². The molecule has 0 unspecified atom stereocenters. The molecule has 0 aliphatic carbocycles. The Bertz CT molecular complexity index is 358. The Morgan fingerprint density at radius 2 is 2.18 bits per heavy atom. The summed E-state index contributed by atoms with van der Waals surface area (Å²) < 4.78 is 9.11. The fraction of sp³-hybridized carbons (Fsp3) is 0.538. The van der Waals surface area contributed by atoms with Crippen molar-refractivity contribution in [2.24, 2.45) is 7.05 Å². The van der Waals surface area contributed by atoms with Gasteiger partial charge >= 0.3 is 5.97 Å². The van der Waals surface area contributed by atoms with E-state index in [9.17, 15) is 4.79 Å². The van der Waals surface area contributed by atoms with Crippen molar-refractivity contribution in [1.29, 1.82) is 0 Å². The van der Waals surface area contributed by atoms with E-state index in [1.807, 2.05) is 17.8 Å². The van der Waals surface area contributed by atoms with Gasteiger partial charge in [0.1, 0.15) is 12.4 Å². The second-order valence-corrected chi connectivity index (χ2v) is 4.10. The zero-order chi connectivity index (χ0) is 12.5. The highest BCUT2D eigenvalue weighted by atomic mass is 16.5. The third kappa shape index (κ3) is 5.90. The molecule has 0 bridgehead atoms. The van der Waals surface area contributed by atoms with E-state index in [0.717, 1.165) is 32.2 Å². The molecule has 0 spiro atoms. The first-order chi connectivity index (χ1) is 8.22. The van der Waals surface area contributed by atoms with Crippen LogP contribution >= 0.6 is 0 Å². The molecule has 0 aromatic carbocycles. The quantitative estimate of drug-likeness (QED) is 0.298. The van der Waals surface area contributed by atoms with Crippen LogP contribution in [0.15, 0.2) is 31.4 Å². The van der Waals surface area contributed by atoms with Gasteiger partial charge in [-0.15, -0.1) is 0 Å². The lowest BCUT2D eigenvalue weighted by Crippen LogP contribution is -2.23. The molecule has 0 aliphatic heterocycles. The van der Waals surface area contributed by atoms with Crippen LogP contribution in [0.3, 0.4) is 0 Å². The van der Waals surface area contributed by atoms with Gasteiger partial charge in [0.25, 0.3) is 0 Å². The number of aryl methyl sites for hydroxylation is 2. The highest BCUT2D eigenvalue weighted by Gasteiger charge is 1.99. The molecule has 4 heteroatoms. The average molecular weight is 237 g/mol. The lowest BCUT2D eigenvalue weighted by atomic mass is 10.2. The summed E-state index contributed by atoms with van der Waals surface area (Å²) in [6, 6.07) is 0. The number of ether oxygens (including phenoxy) is 1. The molecule has 0 saturated carbocycles. The number of nitrogens with zero attached hydrogens (tertiary/aromatic N) is 2. The monoisotopic (exact) mass is 237 g/mol. The van der Waals surface area contributed by atoms with Gasteiger partial charge in [-0.25, -0.2) is 13.9 Å². The van der Waals surface area contributed by atoms with Gasteiger partial charge < -0.3 is 4.74 Å². The van der Waals surface area contributed by atoms with Crippen LogP contribution in [-0.4, -0.2) is 17.1 Å². The van der Waals surface area contributed by atoms with Crippen LogP contribution in [0.2, 0.25) is 0 Å². The van der Waals surface area contributed by atoms with Crippen LogP contribution in [0.5, 0.6) is 0 Å². The van der Waals surface area contributed by atoms with Crippen LogP contribution in [0.1, 0.15) is 25.7 Å². The molecule has 1 rings (SSSR count). The molecule has 1 aromatic heterocycles. The first kappa shape index (κ1) is 13.5. The number of carbonyl (C=O) groups excluding carboxylic acids is 1. The summed E-state index contributed by atoms with van der Waals surface area (Å²) in [5.74, 6) is -0.329. The van der Waals surface area contributed by atoms with Crippen LogP contribution in [-0.2, 0) is 23.1 Å². The van der Waals surface area contributed by atoms with Crippen molar-refractivity contribution in [3.63, 3.8) is 0 Å². The van der Waals surface area contributed by atoms with Gasteiger partial charge in [0.2, 0.25) is 6.33 Å². The Kier molecular flexibility index (Phi) is 6.07. The minimum absolute atomic E-state index is 0.329. The van der Waals surface area contributed by atoms with Crippen LogP contribution in [0, 0.1) is 0 Å². The van der Waals surface area contributed by atoms with Crippen molar-refractivity contribution in [3.8, 4) is 0 Å². The molecule has 0 N–H and O–H groups in total. The summed E-state index contributed by atoms with van der Waals surface area (Å²) in [6.45, 7) is 4.90. The minimum Gasteiger partial charge on any atom is -0.463 e. The second-order valence-electron chi connectivity index (χ2n) is 4.10. The topological polar surface area (TPSA) is 35.1 Å². The Balaban J connectivity index is 1.94. The fourth-order valence-corrected chi connectivity index (χ4v) is 1.62. The SMILES string of the molecule is C=CC(=O)OCCCCCCn1cc[n+](C)c1. The lowest BCUT2D eigenvalue weighted by molar-refractivity contribution is -0.671. The normalized spacial score (nSPS) is 10.2. The average Bonchev–Trinajstić information content (AvgIpc) is 2.73. The number of imidazole rings is 1. The van der Waals surface area contributed by atoms with Gasteiger partial charge in [-0.05, 0) is 25.7 Å². The summed E-state index contributed by atoms with van der Waals surface area (Å²) in [4.78, 5) is 10.7. The smallest absolute Gasteiger partial charge is 0.330 e. The molecule has 0 amide bonds. The third-order valence-corrected chi connectivity index (χ3v) is 2.55. The molecular formula is C13H21N2O2+. The largest absolute Gasteiger partial charge is 0.463 e. The highest BCUT2D eigenvalue weighted by Crippen LogP contribution is 2.02. The van der Waals surface area contributed by atoms with E-state index < -0.39 is 0 Å². The number of hydrogen-bond donors (Lipinski definition) is 0. The molecule has 17 heavy (non-hydrogen) atoms. The summed E-state index contributed by atoms with van der Waals surface area (Å²) in [7, 11) is 2.02. The maximum Gasteiger partial charge on any atom is 0.330 e. The molecule has 0 atom stereocenters.